The fraction of sp³-hybridized carbons (Fsp3) is 0.222. The van der Waals surface area contributed by atoms with Gasteiger partial charge in [0.2, 0.25) is 0 Å². The normalized spacial score (nSPS) is 10.2. The Hall–Kier alpha value is -2.62. The molecule has 114 valence electrons. The lowest BCUT2D eigenvalue weighted by atomic mass is 10.1. The molecule has 22 heavy (non-hydrogen) atoms. The lowest BCUT2D eigenvalue weighted by Gasteiger charge is -2.21. The van der Waals surface area contributed by atoms with E-state index in [1.165, 1.54) is 4.90 Å². The first-order chi connectivity index (χ1) is 10.7. The first kappa shape index (κ1) is 15.8. The second kappa shape index (κ2) is 7.98. The maximum atomic E-state index is 11.9. The van der Waals surface area contributed by atoms with Crippen molar-refractivity contribution in [3.8, 4) is 0 Å². The van der Waals surface area contributed by atoms with Crippen LogP contribution < -0.4 is 5.73 Å². The number of nitrogens with two attached hydrogens (primary N) is 1. The third kappa shape index (κ3) is 4.74. The Morgan fingerprint density at radius 3 is 1.55 bits per heavy atom. The number of carbonyl (C=O) groups excluding carboxylic acids is 2. The number of primary amides is 1. The van der Waals surface area contributed by atoms with Crippen LogP contribution in [0.25, 0.3) is 0 Å². The second-order valence-corrected chi connectivity index (χ2v) is 5.13. The molecule has 0 radical (unpaired) electrons. The van der Waals surface area contributed by atoms with Crippen molar-refractivity contribution in [2.45, 2.75) is 12.8 Å². The van der Waals surface area contributed by atoms with Gasteiger partial charge in [-0.05, 0) is 24.0 Å². The van der Waals surface area contributed by atoms with E-state index in [0.717, 1.165) is 11.1 Å². The van der Waals surface area contributed by atoms with Gasteiger partial charge >= 0.3 is 11.8 Å². The summed E-state index contributed by atoms with van der Waals surface area (Å²) in [5.41, 5.74) is 7.40. The Kier molecular flexibility index (Phi) is 5.72. The van der Waals surface area contributed by atoms with Gasteiger partial charge < -0.3 is 10.6 Å². The van der Waals surface area contributed by atoms with Gasteiger partial charge in [-0.3, -0.25) is 9.59 Å². The van der Waals surface area contributed by atoms with E-state index >= 15 is 0 Å². The first-order valence-electron chi connectivity index (χ1n) is 7.33. The van der Waals surface area contributed by atoms with Gasteiger partial charge in [0.05, 0.1) is 0 Å². The molecule has 0 fully saturated rings. The van der Waals surface area contributed by atoms with Crippen LogP contribution in [0.2, 0.25) is 0 Å². The van der Waals surface area contributed by atoms with Crippen LogP contribution in [0.15, 0.2) is 60.7 Å². The van der Waals surface area contributed by atoms with E-state index in [1.54, 1.807) is 0 Å². The Morgan fingerprint density at radius 2 is 1.18 bits per heavy atom. The van der Waals surface area contributed by atoms with Crippen molar-refractivity contribution in [1.29, 1.82) is 0 Å². The molecule has 0 spiro atoms. The van der Waals surface area contributed by atoms with Gasteiger partial charge in [0.1, 0.15) is 0 Å². The Labute approximate surface area is 130 Å². The quantitative estimate of drug-likeness (QED) is 0.826. The Balaban J connectivity index is 1.96. The van der Waals surface area contributed by atoms with Crippen LogP contribution in [0, 0.1) is 0 Å². The fourth-order valence-electron chi connectivity index (χ4n) is 2.29. The Morgan fingerprint density at radius 1 is 0.773 bits per heavy atom. The molecular formula is C18H20N2O2. The van der Waals surface area contributed by atoms with Crippen molar-refractivity contribution in [1.82, 2.24) is 4.90 Å². The lowest BCUT2D eigenvalue weighted by Crippen LogP contribution is -2.42. The molecule has 0 aliphatic rings. The molecule has 2 rings (SSSR count). The van der Waals surface area contributed by atoms with Crippen molar-refractivity contribution in [3.05, 3.63) is 71.8 Å². The SMILES string of the molecule is NC(=O)C(=O)N(CCc1ccccc1)CCc1ccccc1. The molecule has 0 atom stereocenters. The summed E-state index contributed by atoms with van der Waals surface area (Å²) in [5, 5.41) is 0. The molecule has 2 aromatic carbocycles. The highest BCUT2D eigenvalue weighted by Gasteiger charge is 2.18. The van der Waals surface area contributed by atoms with Gasteiger partial charge in [-0.25, -0.2) is 0 Å². The van der Waals surface area contributed by atoms with Crippen molar-refractivity contribution in [2.24, 2.45) is 5.73 Å². The molecule has 4 heteroatoms. The number of carbonyl (C=O) groups is 2. The van der Waals surface area contributed by atoms with Gasteiger partial charge in [0.25, 0.3) is 0 Å². The number of hydrogen-bond donors (Lipinski definition) is 1. The first-order valence-corrected chi connectivity index (χ1v) is 7.33. The van der Waals surface area contributed by atoms with Gasteiger partial charge in [0, 0.05) is 13.1 Å². The maximum absolute atomic E-state index is 11.9. The summed E-state index contributed by atoms with van der Waals surface area (Å²) in [6.07, 6.45) is 1.41. The molecule has 2 aromatic rings. The van der Waals surface area contributed by atoms with Crippen LogP contribution in [-0.2, 0) is 22.4 Å². The monoisotopic (exact) mass is 296 g/mol. The third-order valence-electron chi connectivity index (χ3n) is 3.52. The summed E-state index contributed by atoms with van der Waals surface area (Å²) in [5.74, 6) is -1.52. The summed E-state index contributed by atoms with van der Waals surface area (Å²) in [7, 11) is 0. The van der Waals surface area contributed by atoms with Crippen molar-refractivity contribution < 1.29 is 9.59 Å². The van der Waals surface area contributed by atoms with E-state index in [1.807, 2.05) is 60.7 Å². The van der Waals surface area contributed by atoms with E-state index in [-0.39, 0.29) is 0 Å². The van der Waals surface area contributed by atoms with Crippen LogP contribution in [0.3, 0.4) is 0 Å². The standard InChI is InChI=1S/C18H20N2O2/c19-17(21)18(22)20(13-11-15-7-3-1-4-8-15)14-12-16-9-5-2-6-10-16/h1-10H,11-14H2,(H2,19,21). The number of rotatable bonds is 6. The molecule has 0 heterocycles. The highest BCUT2D eigenvalue weighted by atomic mass is 16.2. The largest absolute Gasteiger partial charge is 0.361 e. The van der Waals surface area contributed by atoms with Crippen LogP contribution in [0.1, 0.15) is 11.1 Å². The smallest absolute Gasteiger partial charge is 0.311 e. The van der Waals surface area contributed by atoms with Crippen LogP contribution in [0.5, 0.6) is 0 Å². The molecule has 0 aliphatic heterocycles. The predicted molar refractivity (Wildman–Crippen MR) is 86.1 cm³/mol. The van der Waals surface area contributed by atoms with Gasteiger partial charge in [-0.15, -0.1) is 0 Å². The molecular weight excluding hydrogens is 276 g/mol. The molecule has 0 saturated carbocycles. The minimum atomic E-state index is -0.902. The molecule has 0 aliphatic carbocycles. The molecule has 0 unspecified atom stereocenters. The van der Waals surface area contributed by atoms with Crippen molar-refractivity contribution in [2.75, 3.05) is 13.1 Å². The number of benzene rings is 2. The minimum Gasteiger partial charge on any atom is -0.361 e. The molecule has 0 aromatic heterocycles. The Bertz CT molecular complexity index is 568. The lowest BCUT2D eigenvalue weighted by molar-refractivity contribution is -0.144. The summed E-state index contributed by atoms with van der Waals surface area (Å²) in [4.78, 5) is 24.7. The van der Waals surface area contributed by atoms with E-state index in [0.29, 0.717) is 25.9 Å². The van der Waals surface area contributed by atoms with Gasteiger partial charge in [-0.1, -0.05) is 60.7 Å². The maximum Gasteiger partial charge on any atom is 0.311 e. The predicted octanol–water partition coefficient (Wildman–Crippen LogP) is 1.79. The topological polar surface area (TPSA) is 63.4 Å². The zero-order valence-electron chi connectivity index (χ0n) is 12.4. The molecule has 0 saturated heterocycles. The molecule has 0 bridgehead atoms. The van der Waals surface area contributed by atoms with E-state index in [4.69, 9.17) is 5.73 Å². The number of hydrogen-bond acceptors (Lipinski definition) is 2. The molecule has 4 nitrogen and oxygen atoms in total. The molecule has 2 N–H and O–H groups in total. The van der Waals surface area contributed by atoms with Crippen LogP contribution in [0.4, 0.5) is 0 Å². The van der Waals surface area contributed by atoms with E-state index in [9.17, 15) is 9.59 Å². The zero-order valence-corrected chi connectivity index (χ0v) is 12.4. The van der Waals surface area contributed by atoms with Gasteiger partial charge in [0.15, 0.2) is 0 Å². The molecule has 2 amide bonds. The minimum absolute atomic E-state index is 0.485. The van der Waals surface area contributed by atoms with E-state index in [2.05, 4.69) is 0 Å². The van der Waals surface area contributed by atoms with E-state index < -0.39 is 11.8 Å². The summed E-state index contributed by atoms with van der Waals surface area (Å²) < 4.78 is 0. The van der Waals surface area contributed by atoms with Crippen LogP contribution >= 0.6 is 0 Å². The number of nitrogens with zero attached hydrogens (tertiary/aromatic N) is 1. The zero-order chi connectivity index (χ0) is 15.8. The average molecular weight is 296 g/mol. The highest BCUT2D eigenvalue weighted by Crippen LogP contribution is 2.05. The summed E-state index contributed by atoms with van der Waals surface area (Å²) >= 11 is 0. The van der Waals surface area contributed by atoms with Crippen LogP contribution in [-0.4, -0.2) is 29.8 Å². The van der Waals surface area contributed by atoms with Gasteiger partial charge in [-0.2, -0.15) is 0 Å². The summed E-state index contributed by atoms with van der Waals surface area (Å²) in [6, 6.07) is 19.7. The third-order valence-corrected chi connectivity index (χ3v) is 3.52. The fourth-order valence-corrected chi connectivity index (χ4v) is 2.29. The van der Waals surface area contributed by atoms with Crippen molar-refractivity contribution in [3.63, 3.8) is 0 Å². The van der Waals surface area contributed by atoms with Crippen molar-refractivity contribution >= 4 is 11.8 Å². The second-order valence-electron chi connectivity index (χ2n) is 5.13. The number of amides is 2. The average Bonchev–Trinajstić information content (AvgIpc) is 2.56. The highest BCUT2D eigenvalue weighted by molar-refractivity contribution is 6.34. The summed E-state index contributed by atoms with van der Waals surface area (Å²) in [6.45, 7) is 0.969.